The highest BCUT2D eigenvalue weighted by atomic mass is 32.1. The van der Waals surface area contributed by atoms with E-state index in [4.69, 9.17) is 21.7 Å². The Kier molecular flexibility index (Phi) is 5.28. The second kappa shape index (κ2) is 7.21. The number of thiazole rings is 1. The molecule has 1 atom stereocenters. The van der Waals surface area contributed by atoms with Crippen molar-refractivity contribution in [1.82, 2.24) is 9.88 Å². The lowest BCUT2D eigenvalue weighted by Gasteiger charge is -2.33. The van der Waals surface area contributed by atoms with Gasteiger partial charge in [0.05, 0.1) is 25.2 Å². The van der Waals surface area contributed by atoms with E-state index in [-0.39, 0.29) is 18.1 Å². The second-order valence-corrected chi connectivity index (χ2v) is 7.71. The van der Waals surface area contributed by atoms with Gasteiger partial charge in [0.25, 0.3) is 0 Å². The molecule has 0 saturated carbocycles. The Hall–Kier alpha value is -0.760. The van der Waals surface area contributed by atoms with Gasteiger partial charge in [0, 0.05) is 30.3 Å². The number of ether oxygens (including phenoxy) is 2. The van der Waals surface area contributed by atoms with Crippen molar-refractivity contribution in [2.45, 2.75) is 44.8 Å². The summed E-state index contributed by atoms with van der Waals surface area (Å²) in [4.78, 5) is 18.5. The van der Waals surface area contributed by atoms with E-state index in [9.17, 15) is 4.79 Å². The molecule has 1 aromatic heterocycles. The first kappa shape index (κ1) is 16.1. The van der Waals surface area contributed by atoms with Crippen LogP contribution in [0, 0.1) is 10.9 Å². The van der Waals surface area contributed by atoms with Crippen molar-refractivity contribution in [1.29, 1.82) is 0 Å². The van der Waals surface area contributed by atoms with Crippen molar-refractivity contribution in [3.8, 4) is 0 Å². The summed E-state index contributed by atoms with van der Waals surface area (Å²) >= 11 is 6.63. The number of aryl methyl sites for hydroxylation is 1. The van der Waals surface area contributed by atoms with Gasteiger partial charge in [-0.3, -0.25) is 4.79 Å². The maximum atomic E-state index is 12.4. The molecule has 1 unspecified atom stereocenters. The summed E-state index contributed by atoms with van der Waals surface area (Å²) in [5, 5.41) is 0. The predicted octanol–water partition coefficient (Wildman–Crippen LogP) is 2.45. The van der Waals surface area contributed by atoms with Gasteiger partial charge in [-0.15, -0.1) is 11.3 Å². The first-order valence-electron chi connectivity index (χ1n) is 7.81. The highest BCUT2D eigenvalue weighted by Gasteiger charge is 2.27. The van der Waals surface area contributed by atoms with E-state index in [1.54, 1.807) is 0 Å². The van der Waals surface area contributed by atoms with E-state index in [1.165, 1.54) is 11.3 Å². The number of hydrogen-bond acceptors (Lipinski definition) is 5. The Labute approximate surface area is 139 Å². The Morgan fingerprint density at radius 2 is 2.18 bits per heavy atom. The van der Waals surface area contributed by atoms with E-state index >= 15 is 0 Å². The fourth-order valence-electron chi connectivity index (χ4n) is 2.99. The van der Waals surface area contributed by atoms with Crippen LogP contribution in [0.2, 0.25) is 0 Å². The molecule has 22 heavy (non-hydrogen) atoms. The number of carbonyl (C=O) groups is 1. The summed E-state index contributed by atoms with van der Waals surface area (Å²) in [7, 11) is 0. The Morgan fingerprint density at radius 3 is 2.77 bits per heavy atom. The third-order valence-corrected chi connectivity index (χ3v) is 5.64. The molecule has 0 radical (unpaired) electrons. The zero-order valence-corrected chi connectivity index (χ0v) is 14.4. The minimum absolute atomic E-state index is 0.191. The number of likely N-dealkylation sites (tertiary alicyclic amines) is 1. The van der Waals surface area contributed by atoms with E-state index in [2.05, 4.69) is 4.98 Å². The average Bonchev–Trinajstić information content (AvgIpc) is 3.10. The minimum atomic E-state index is 0.191. The summed E-state index contributed by atoms with van der Waals surface area (Å²) in [5.41, 5.74) is 1.02. The molecule has 0 aliphatic carbocycles. The summed E-state index contributed by atoms with van der Waals surface area (Å²) in [6.45, 7) is 5.07. The largest absolute Gasteiger partial charge is 0.379 e. The van der Waals surface area contributed by atoms with Gasteiger partial charge in [0.15, 0.2) is 3.95 Å². The Bertz CT molecular complexity index is 570. The van der Waals surface area contributed by atoms with Crippen molar-refractivity contribution in [2.75, 3.05) is 26.3 Å². The number of nitrogens with one attached hydrogen (secondary N) is 1. The van der Waals surface area contributed by atoms with Crippen LogP contribution < -0.4 is 0 Å². The zero-order valence-electron chi connectivity index (χ0n) is 12.8. The number of aromatic amines is 1. The molecule has 0 aromatic carbocycles. The molecule has 0 bridgehead atoms. The molecule has 2 saturated heterocycles. The number of hydrogen-bond donors (Lipinski definition) is 1. The molecule has 1 aromatic rings. The molecular weight excluding hydrogens is 320 g/mol. The number of aromatic nitrogens is 1. The van der Waals surface area contributed by atoms with Crippen LogP contribution in [0.25, 0.3) is 0 Å². The highest BCUT2D eigenvalue weighted by molar-refractivity contribution is 7.73. The van der Waals surface area contributed by atoms with Gasteiger partial charge in [0.2, 0.25) is 5.91 Å². The van der Waals surface area contributed by atoms with Crippen LogP contribution in [-0.4, -0.2) is 54.3 Å². The summed E-state index contributed by atoms with van der Waals surface area (Å²) in [5.74, 6) is 0.191. The SMILES string of the molecule is Cc1[nH]c(=S)sc1CC(=O)N1CCC(OC2CCOC2)CC1. The van der Waals surface area contributed by atoms with Gasteiger partial charge in [-0.25, -0.2) is 0 Å². The van der Waals surface area contributed by atoms with Crippen LogP contribution in [0.1, 0.15) is 29.8 Å². The smallest absolute Gasteiger partial charge is 0.227 e. The van der Waals surface area contributed by atoms with Crippen molar-refractivity contribution in [2.24, 2.45) is 0 Å². The van der Waals surface area contributed by atoms with Gasteiger partial charge in [-0.2, -0.15) is 0 Å². The third kappa shape index (κ3) is 3.95. The molecule has 2 aliphatic heterocycles. The monoisotopic (exact) mass is 342 g/mol. The van der Waals surface area contributed by atoms with Gasteiger partial charge in [-0.05, 0) is 38.4 Å². The van der Waals surface area contributed by atoms with Gasteiger partial charge >= 0.3 is 0 Å². The van der Waals surface area contributed by atoms with Crippen LogP contribution >= 0.6 is 23.6 Å². The van der Waals surface area contributed by atoms with E-state index in [0.29, 0.717) is 6.42 Å². The molecule has 1 amide bonds. The van der Waals surface area contributed by atoms with E-state index in [1.807, 2.05) is 11.8 Å². The normalized spacial score (nSPS) is 23.1. The maximum Gasteiger partial charge on any atom is 0.227 e. The number of carbonyl (C=O) groups excluding carboxylic acids is 1. The maximum absolute atomic E-state index is 12.4. The molecule has 3 rings (SSSR count). The highest BCUT2D eigenvalue weighted by Crippen LogP contribution is 2.21. The van der Waals surface area contributed by atoms with E-state index in [0.717, 1.165) is 60.1 Å². The van der Waals surface area contributed by atoms with Gasteiger partial charge < -0.3 is 19.4 Å². The number of H-pyrrole nitrogens is 1. The summed E-state index contributed by atoms with van der Waals surface area (Å²) in [6.07, 6.45) is 3.81. The van der Waals surface area contributed by atoms with Crippen LogP contribution in [0.15, 0.2) is 0 Å². The quantitative estimate of drug-likeness (QED) is 0.854. The molecule has 2 fully saturated rings. The fraction of sp³-hybridized carbons (Fsp3) is 0.733. The molecule has 0 spiro atoms. The van der Waals surface area contributed by atoms with Gasteiger partial charge in [-0.1, -0.05) is 0 Å². The Morgan fingerprint density at radius 1 is 1.41 bits per heavy atom. The number of nitrogens with zero attached hydrogens (tertiary/aromatic N) is 1. The first-order chi connectivity index (χ1) is 10.6. The fourth-order valence-corrected chi connectivity index (χ4v) is 4.27. The minimum Gasteiger partial charge on any atom is -0.379 e. The Balaban J connectivity index is 1.47. The lowest BCUT2D eigenvalue weighted by atomic mass is 10.1. The van der Waals surface area contributed by atoms with Crippen molar-refractivity contribution in [3.05, 3.63) is 14.5 Å². The van der Waals surface area contributed by atoms with Crippen molar-refractivity contribution >= 4 is 29.5 Å². The van der Waals surface area contributed by atoms with Crippen LogP contribution in [-0.2, 0) is 20.7 Å². The summed E-state index contributed by atoms with van der Waals surface area (Å²) < 4.78 is 12.1. The average molecular weight is 342 g/mol. The third-order valence-electron chi connectivity index (χ3n) is 4.30. The lowest BCUT2D eigenvalue weighted by Crippen LogP contribution is -2.42. The number of rotatable bonds is 4. The zero-order chi connectivity index (χ0) is 15.5. The van der Waals surface area contributed by atoms with E-state index < -0.39 is 0 Å². The molecule has 2 aliphatic rings. The predicted molar refractivity (Wildman–Crippen MR) is 87.9 cm³/mol. The topological polar surface area (TPSA) is 54.6 Å². The lowest BCUT2D eigenvalue weighted by molar-refractivity contribution is -0.133. The van der Waals surface area contributed by atoms with Crippen molar-refractivity contribution in [3.63, 3.8) is 0 Å². The molecule has 5 nitrogen and oxygen atoms in total. The second-order valence-electron chi connectivity index (χ2n) is 5.94. The molecule has 3 heterocycles. The molecule has 122 valence electrons. The van der Waals surface area contributed by atoms with Crippen molar-refractivity contribution < 1.29 is 14.3 Å². The molecule has 1 N–H and O–H groups in total. The van der Waals surface area contributed by atoms with Gasteiger partial charge in [0.1, 0.15) is 0 Å². The molecule has 7 heteroatoms. The molecular formula is C15H22N2O3S2. The van der Waals surface area contributed by atoms with Crippen LogP contribution in [0.4, 0.5) is 0 Å². The first-order valence-corrected chi connectivity index (χ1v) is 9.04. The summed E-state index contributed by atoms with van der Waals surface area (Å²) in [6, 6.07) is 0. The standard InChI is InChI=1S/C15H22N2O3S2/c1-10-13(22-15(21)16-10)8-14(18)17-5-2-11(3-6-17)20-12-4-7-19-9-12/h11-12H,2-9H2,1H3,(H,16,21). The van der Waals surface area contributed by atoms with Crippen LogP contribution in [0.3, 0.4) is 0 Å². The number of amides is 1. The van der Waals surface area contributed by atoms with Crippen LogP contribution in [0.5, 0.6) is 0 Å². The number of piperidine rings is 1.